The molecule has 1 aromatic heterocycles. The van der Waals surface area contributed by atoms with Gasteiger partial charge in [0.15, 0.2) is 0 Å². The topological polar surface area (TPSA) is 65.4 Å². The molecule has 3 saturated carbocycles. The molecule has 6 nitrogen and oxygen atoms in total. The van der Waals surface area contributed by atoms with E-state index in [0.29, 0.717) is 30.5 Å². The number of aromatic nitrogens is 2. The largest absolute Gasteiger partial charge is 0.522 e. The van der Waals surface area contributed by atoms with Crippen LogP contribution in [0.3, 0.4) is 0 Å². The zero-order chi connectivity index (χ0) is 22.4. The molecular weight excluding hydrogens is 442 g/mol. The molecule has 1 atom stereocenters. The van der Waals surface area contributed by atoms with Crippen molar-refractivity contribution in [3.8, 4) is 11.3 Å². The third kappa shape index (κ3) is 4.56. The van der Waals surface area contributed by atoms with Crippen molar-refractivity contribution in [1.82, 2.24) is 14.9 Å². The molecule has 0 spiro atoms. The van der Waals surface area contributed by atoms with Crippen LogP contribution in [0.5, 0.6) is 0 Å². The summed E-state index contributed by atoms with van der Waals surface area (Å²) in [4.78, 5) is 16.4. The zero-order valence-electron chi connectivity index (χ0n) is 16.5. The summed E-state index contributed by atoms with van der Waals surface area (Å²) in [5, 5.41) is 2.95. The molecular formula is C20H20ClF4N3O3. The highest BCUT2D eigenvalue weighted by Gasteiger charge is 2.69. The Balaban J connectivity index is 1.25. The number of hydrogen-bond donors (Lipinski definition) is 1. The molecule has 0 aliphatic heterocycles. The molecule has 168 valence electrons. The molecule has 1 aromatic carbocycles. The summed E-state index contributed by atoms with van der Waals surface area (Å²) in [7, 11) is 0. The molecule has 31 heavy (non-hydrogen) atoms. The average Bonchev–Trinajstić information content (AvgIpc) is 3.07. The predicted octanol–water partition coefficient (Wildman–Crippen LogP) is 4.03. The Labute approximate surface area is 180 Å². The number of rotatable bonds is 8. The molecule has 0 saturated heterocycles. The molecule has 11 heteroatoms. The van der Waals surface area contributed by atoms with E-state index in [1.54, 1.807) is 12.4 Å². The lowest BCUT2D eigenvalue weighted by Crippen LogP contribution is -2.78. The fourth-order valence-electron chi connectivity index (χ4n) is 4.44. The van der Waals surface area contributed by atoms with E-state index in [4.69, 9.17) is 16.3 Å². The van der Waals surface area contributed by atoms with Crippen molar-refractivity contribution in [2.45, 2.75) is 49.7 Å². The van der Waals surface area contributed by atoms with Gasteiger partial charge in [0, 0.05) is 17.3 Å². The second kappa shape index (κ2) is 7.75. The normalized spacial score (nSPS) is 25.5. The number of imidazole rings is 1. The predicted molar refractivity (Wildman–Crippen MR) is 103 cm³/mol. The number of hydrogen-bond acceptors (Lipinski definition) is 4. The number of nitrogens with zero attached hydrogens (tertiary/aromatic N) is 2. The molecule has 2 bridgehead atoms. The molecule has 3 fully saturated rings. The van der Waals surface area contributed by atoms with Crippen molar-refractivity contribution in [2.75, 3.05) is 13.2 Å². The van der Waals surface area contributed by atoms with Crippen molar-refractivity contribution in [1.29, 1.82) is 0 Å². The third-order valence-electron chi connectivity index (χ3n) is 5.67. The molecule has 0 unspecified atom stereocenters. The molecule has 3 aliphatic carbocycles. The summed E-state index contributed by atoms with van der Waals surface area (Å²) in [6.07, 6.45) is -0.259. The first kappa shape index (κ1) is 22.0. The minimum absolute atomic E-state index is 0.0478. The Morgan fingerprint density at radius 2 is 2.06 bits per heavy atom. The second-order valence-corrected chi connectivity index (χ2v) is 8.67. The minimum Gasteiger partial charge on any atom is -0.369 e. The summed E-state index contributed by atoms with van der Waals surface area (Å²) in [6.45, 7) is 0.540. The summed E-state index contributed by atoms with van der Waals surface area (Å²) < 4.78 is 60.8. The maximum Gasteiger partial charge on any atom is 0.522 e. The molecule has 3 aliphatic rings. The van der Waals surface area contributed by atoms with Crippen molar-refractivity contribution in [3.63, 3.8) is 0 Å². The average molecular weight is 462 g/mol. The summed E-state index contributed by atoms with van der Waals surface area (Å²) in [6, 6.07) is 4.51. The molecule has 2 aromatic rings. The van der Waals surface area contributed by atoms with E-state index in [1.807, 2.05) is 10.8 Å². The maximum atomic E-state index is 13.7. The monoisotopic (exact) mass is 461 g/mol. The number of amides is 1. The van der Waals surface area contributed by atoms with Gasteiger partial charge in [-0.2, -0.15) is 0 Å². The summed E-state index contributed by atoms with van der Waals surface area (Å²) >= 11 is 5.72. The van der Waals surface area contributed by atoms with E-state index in [-0.39, 0.29) is 35.2 Å². The van der Waals surface area contributed by atoms with Gasteiger partial charge in [0.05, 0.1) is 35.3 Å². The highest BCUT2D eigenvalue weighted by atomic mass is 35.5. The van der Waals surface area contributed by atoms with Crippen LogP contribution >= 0.6 is 11.6 Å². The van der Waals surface area contributed by atoms with Crippen LogP contribution in [0.4, 0.5) is 17.6 Å². The lowest BCUT2D eigenvalue weighted by Gasteiger charge is -2.70. The third-order valence-corrected chi connectivity index (χ3v) is 5.98. The van der Waals surface area contributed by atoms with Gasteiger partial charge in [-0.1, -0.05) is 17.7 Å². The first-order valence-electron chi connectivity index (χ1n) is 9.63. The first-order valence-corrected chi connectivity index (χ1v) is 10.0. The Bertz CT molecular complexity index is 975. The number of ether oxygens (including phenoxy) is 2. The standard InChI is InChI=1S/C20H20ClF4N3O3/c1-12(31-20(23,24)25)6-30-7-17(29)27-18-8-19(9-18,10-18)28-5-16(26-11-28)13-2-3-14(21)15(22)4-13/h2-5,11-12H,6-10H2,1H3,(H,27,29)/t12-,18?,19?/m1/s1. The van der Waals surface area contributed by atoms with E-state index in [9.17, 15) is 22.4 Å². The smallest absolute Gasteiger partial charge is 0.369 e. The van der Waals surface area contributed by atoms with E-state index >= 15 is 0 Å². The zero-order valence-corrected chi connectivity index (χ0v) is 17.3. The van der Waals surface area contributed by atoms with E-state index in [0.717, 1.165) is 0 Å². The van der Waals surface area contributed by atoms with Crippen LogP contribution in [0.1, 0.15) is 26.2 Å². The Hall–Kier alpha value is -2.17. The van der Waals surface area contributed by atoms with Gasteiger partial charge >= 0.3 is 6.36 Å². The van der Waals surface area contributed by atoms with Crippen molar-refractivity contribution in [3.05, 3.63) is 41.6 Å². The molecule has 1 N–H and O–H groups in total. The van der Waals surface area contributed by atoms with Crippen LogP contribution in [0.15, 0.2) is 30.7 Å². The molecule has 0 radical (unpaired) electrons. The number of carbonyl (C=O) groups is 1. The van der Waals surface area contributed by atoms with E-state index in [1.165, 1.54) is 19.1 Å². The summed E-state index contributed by atoms with van der Waals surface area (Å²) in [5.41, 5.74) is 0.781. The number of nitrogens with one attached hydrogen (secondary N) is 1. The number of alkyl halides is 3. The highest BCUT2D eigenvalue weighted by Crippen LogP contribution is 2.65. The Morgan fingerprint density at radius 3 is 2.71 bits per heavy atom. The number of halogens is 5. The van der Waals surface area contributed by atoms with E-state index in [2.05, 4.69) is 15.0 Å². The lowest BCUT2D eigenvalue weighted by atomic mass is 9.44. The summed E-state index contributed by atoms with van der Waals surface area (Å²) in [5.74, 6) is -0.891. The molecule has 1 heterocycles. The second-order valence-electron chi connectivity index (χ2n) is 8.27. The first-order chi connectivity index (χ1) is 14.5. The van der Waals surface area contributed by atoms with Crippen LogP contribution < -0.4 is 5.32 Å². The van der Waals surface area contributed by atoms with Gasteiger partial charge in [0.2, 0.25) is 5.91 Å². The lowest BCUT2D eigenvalue weighted by molar-refractivity contribution is -0.343. The fraction of sp³-hybridized carbons (Fsp3) is 0.500. The van der Waals surface area contributed by atoms with Gasteiger partial charge in [0.25, 0.3) is 0 Å². The van der Waals surface area contributed by atoms with Crippen LogP contribution in [-0.2, 0) is 19.8 Å². The van der Waals surface area contributed by atoms with Gasteiger partial charge in [0.1, 0.15) is 12.4 Å². The van der Waals surface area contributed by atoms with Gasteiger partial charge in [-0.15, -0.1) is 13.2 Å². The van der Waals surface area contributed by atoms with Gasteiger partial charge in [-0.25, -0.2) is 9.37 Å². The highest BCUT2D eigenvalue weighted by molar-refractivity contribution is 6.30. The van der Waals surface area contributed by atoms with Crippen LogP contribution in [0, 0.1) is 5.82 Å². The van der Waals surface area contributed by atoms with Crippen molar-refractivity contribution >= 4 is 17.5 Å². The minimum atomic E-state index is -4.74. The van der Waals surface area contributed by atoms with Gasteiger partial charge in [-0.3, -0.25) is 9.53 Å². The number of benzene rings is 1. The maximum absolute atomic E-state index is 13.7. The molecule has 5 rings (SSSR count). The van der Waals surface area contributed by atoms with Crippen LogP contribution in [0.25, 0.3) is 11.3 Å². The van der Waals surface area contributed by atoms with E-state index < -0.39 is 18.3 Å². The Morgan fingerprint density at radius 1 is 1.35 bits per heavy atom. The van der Waals surface area contributed by atoms with Crippen molar-refractivity contribution in [2.24, 2.45) is 0 Å². The Kier molecular flexibility index (Phi) is 5.51. The van der Waals surface area contributed by atoms with Crippen LogP contribution in [-0.4, -0.2) is 46.7 Å². The quantitative estimate of drug-likeness (QED) is 0.603. The van der Waals surface area contributed by atoms with Crippen LogP contribution in [0.2, 0.25) is 5.02 Å². The van der Waals surface area contributed by atoms with Crippen molar-refractivity contribution < 1.29 is 31.8 Å². The fourth-order valence-corrected chi connectivity index (χ4v) is 4.56. The molecule has 1 amide bonds. The van der Waals surface area contributed by atoms with Gasteiger partial charge in [-0.05, 0) is 38.3 Å². The van der Waals surface area contributed by atoms with Gasteiger partial charge < -0.3 is 14.6 Å². The SMILES string of the molecule is C[C@H](COCC(=O)NC12CC(n3cnc(-c4ccc(Cl)c(F)c4)c3)(C1)C2)OC(F)(F)F. The number of carbonyl (C=O) groups excluding carboxylic acids is 1.